The average molecular weight is 531 g/mol. The van der Waals surface area contributed by atoms with E-state index < -0.39 is 0 Å². The van der Waals surface area contributed by atoms with E-state index in [9.17, 15) is 9.59 Å². The topological polar surface area (TPSA) is 101 Å². The number of pyridine rings is 1. The maximum absolute atomic E-state index is 13.9. The van der Waals surface area contributed by atoms with Crippen LogP contribution in [0, 0.1) is 6.92 Å². The minimum atomic E-state index is -0.268. The number of hydrogen-bond acceptors (Lipinski definition) is 7. The van der Waals surface area contributed by atoms with Crippen LogP contribution in [0.3, 0.4) is 0 Å². The lowest BCUT2D eigenvalue weighted by Gasteiger charge is -2.19. The van der Waals surface area contributed by atoms with Gasteiger partial charge in [0, 0.05) is 56.4 Å². The Labute approximate surface area is 219 Å². The molecule has 1 atom stereocenters. The van der Waals surface area contributed by atoms with Gasteiger partial charge >= 0.3 is 0 Å². The van der Waals surface area contributed by atoms with Crippen molar-refractivity contribution in [3.05, 3.63) is 56.9 Å². The summed E-state index contributed by atoms with van der Waals surface area (Å²) in [6.45, 7) is 7.81. The van der Waals surface area contributed by atoms with E-state index >= 15 is 0 Å². The summed E-state index contributed by atoms with van der Waals surface area (Å²) in [6, 6.07) is 3.51. The molecule has 0 spiro atoms. The van der Waals surface area contributed by atoms with Gasteiger partial charge in [0.1, 0.15) is 11.4 Å². The standard InChI is InChI=1S/C25H28Cl2N6O3/c1-5-19(34)30-16-6-7-32(13-16)8-9-33-23-15(12-29-25(28-3)31-23)11-17(24(33)35)20-21(26)14(2)10-18(36-4)22(20)27/h5,10-12,16H,1,6-9,13H2,2-4H3,(H,30,34)(H,28,29,31)/t16-/m0/s1. The van der Waals surface area contributed by atoms with E-state index in [1.54, 1.807) is 29.9 Å². The fraction of sp³-hybridized carbons (Fsp3) is 0.360. The Morgan fingerprint density at radius 1 is 1.31 bits per heavy atom. The van der Waals surface area contributed by atoms with Gasteiger partial charge in [-0.25, -0.2) is 4.98 Å². The monoisotopic (exact) mass is 530 g/mol. The van der Waals surface area contributed by atoms with Crippen molar-refractivity contribution in [1.82, 2.24) is 24.8 Å². The smallest absolute Gasteiger partial charge is 0.260 e. The minimum absolute atomic E-state index is 0.0471. The second-order valence-electron chi connectivity index (χ2n) is 8.63. The summed E-state index contributed by atoms with van der Waals surface area (Å²) in [5, 5.41) is 7.19. The number of rotatable bonds is 8. The summed E-state index contributed by atoms with van der Waals surface area (Å²) in [5.41, 5.74) is 1.74. The number of anilines is 1. The third-order valence-electron chi connectivity index (χ3n) is 6.33. The molecule has 9 nitrogen and oxygen atoms in total. The molecular formula is C25H28Cl2N6O3. The second kappa shape index (κ2) is 10.9. The highest BCUT2D eigenvalue weighted by atomic mass is 35.5. The van der Waals surface area contributed by atoms with Crippen LogP contribution in [0.5, 0.6) is 5.75 Å². The van der Waals surface area contributed by atoms with Gasteiger partial charge in [-0.3, -0.25) is 19.1 Å². The molecule has 2 aromatic heterocycles. The van der Waals surface area contributed by atoms with Gasteiger partial charge < -0.3 is 15.4 Å². The third kappa shape index (κ3) is 5.04. The van der Waals surface area contributed by atoms with Crippen LogP contribution in [-0.4, -0.2) is 65.2 Å². The van der Waals surface area contributed by atoms with Crippen molar-refractivity contribution in [1.29, 1.82) is 0 Å². The molecule has 1 aliphatic heterocycles. The van der Waals surface area contributed by atoms with Crippen LogP contribution in [-0.2, 0) is 11.3 Å². The van der Waals surface area contributed by atoms with Crippen LogP contribution in [0.2, 0.25) is 10.0 Å². The first-order chi connectivity index (χ1) is 17.3. The van der Waals surface area contributed by atoms with Gasteiger partial charge in [0.2, 0.25) is 11.9 Å². The first-order valence-corrected chi connectivity index (χ1v) is 12.3. The van der Waals surface area contributed by atoms with Crippen molar-refractivity contribution < 1.29 is 9.53 Å². The van der Waals surface area contributed by atoms with Crippen molar-refractivity contribution in [2.75, 3.05) is 39.1 Å². The number of halogens is 2. The highest BCUT2D eigenvalue weighted by molar-refractivity contribution is 6.40. The zero-order valence-electron chi connectivity index (χ0n) is 20.4. The number of benzene rings is 1. The largest absolute Gasteiger partial charge is 0.495 e. The summed E-state index contributed by atoms with van der Waals surface area (Å²) < 4.78 is 7.05. The molecule has 190 valence electrons. The van der Waals surface area contributed by atoms with Crippen molar-refractivity contribution in [2.24, 2.45) is 0 Å². The van der Waals surface area contributed by atoms with E-state index in [2.05, 4.69) is 32.1 Å². The van der Waals surface area contributed by atoms with E-state index in [1.165, 1.54) is 13.2 Å². The Kier molecular flexibility index (Phi) is 7.82. The zero-order chi connectivity index (χ0) is 26.0. The normalized spacial score (nSPS) is 15.8. The molecule has 1 saturated heterocycles. The lowest BCUT2D eigenvalue weighted by atomic mass is 10.0. The number of nitrogens with zero attached hydrogens (tertiary/aromatic N) is 4. The summed E-state index contributed by atoms with van der Waals surface area (Å²) in [4.78, 5) is 36.6. The van der Waals surface area contributed by atoms with Gasteiger partial charge in [-0.1, -0.05) is 29.8 Å². The van der Waals surface area contributed by atoms with Crippen LogP contribution in [0.15, 0.2) is 35.8 Å². The van der Waals surface area contributed by atoms with Crippen molar-refractivity contribution in [3.63, 3.8) is 0 Å². The molecule has 0 aliphatic carbocycles. The number of methoxy groups -OCH3 is 1. The molecule has 11 heteroatoms. The lowest BCUT2D eigenvalue weighted by molar-refractivity contribution is -0.117. The van der Waals surface area contributed by atoms with Gasteiger partial charge in [0.15, 0.2) is 0 Å². The van der Waals surface area contributed by atoms with E-state index in [-0.39, 0.29) is 22.5 Å². The molecule has 1 aliphatic rings. The summed E-state index contributed by atoms with van der Waals surface area (Å²) >= 11 is 13.3. The molecule has 1 amide bonds. The van der Waals surface area contributed by atoms with Crippen molar-refractivity contribution in [3.8, 4) is 16.9 Å². The summed E-state index contributed by atoms with van der Waals surface area (Å²) in [5.74, 6) is 0.659. The van der Waals surface area contributed by atoms with Gasteiger partial charge in [-0.2, -0.15) is 4.98 Å². The molecular weight excluding hydrogens is 503 g/mol. The molecule has 0 saturated carbocycles. The Morgan fingerprint density at radius 2 is 2.08 bits per heavy atom. The Bertz CT molecular complexity index is 1390. The summed E-state index contributed by atoms with van der Waals surface area (Å²) in [6.07, 6.45) is 3.77. The molecule has 1 aromatic carbocycles. The van der Waals surface area contributed by atoms with Gasteiger partial charge in [0.05, 0.1) is 22.7 Å². The number of fused-ring (bicyclic) bond motifs is 1. The van der Waals surface area contributed by atoms with Crippen LogP contribution in [0.1, 0.15) is 12.0 Å². The molecule has 3 heterocycles. The van der Waals surface area contributed by atoms with E-state index in [0.29, 0.717) is 58.5 Å². The number of carbonyl (C=O) groups is 1. The van der Waals surface area contributed by atoms with Crippen LogP contribution >= 0.6 is 23.2 Å². The first-order valence-electron chi connectivity index (χ1n) is 11.5. The minimum Gasteiger partial charge on any atom is -0.495 e. The maximum Gasteiger partial charge on any atom is 0.260 e. The molecule has 36 heavy (non-hydrogen) atoms. The number of amides is 1. The van der Waals surface area contributed by atoms with Crippen LogP contribution in [0.25, 0.3) is 22.2 Å². The number of nitrogens with one attached hydrogen (secondary N) is 2. The number of ether oxygens (including phenoxy) is 1. The first kappa shape index (κ1) is 25.9. The molecule has 0 radical (unpaired) electrons. The van der Waals surface area contributed by atoms with Gasteiger partial charge in [0.25, 0.3) is 5.56 Å². The predicted molar refractivity (Wildman–Crippen MR) is 143 cm³/mol. The molecule has 4 rings (SSSR count). The highest BCUT2D eigenvalue weighted by Gasteiger charge is 2.25. The van der Waals surface area contributed by atoms with Crippen molar-refractivity contribution in [2.45, 2.75) is 25.9 Å². The van der Waals surface area contributed by atoms with Crippen molar-refractivity contribution >= 4 is 46.1 Å². The molecule has 1 fully saturated rings. The highest BCUT2D eigenvalue weighted by Crippen LogP contribution is 2.42. The molecule has 2 N–H and O–H groups in total. The number of carbonyl (C=O) groups excluding carboxylic acids is 1. The SMILES string of the molecule is C=CC(=O)N[C@H]1CCN(CCn2c(=O)c(-c3c(Cl)c(C)cc(OC)c3Cl)cc3cnc(NC)nc32)C1. The van der Waals surface area contributed by atoms with Gasteiger partial charge in [-0.05, 0) is 37.1 Å². The third-order valence-corrected chi connectivity index (χ3v) is 7.20. The lowest BCUT2D eigenvalue weighted by Crippen LogP contribution is -2.37. The Balaban J connectivity index is 1.77. The number of likely N-dealkylation sites (tertiary alicyclic amines) is 1. The molecule has 0 unspecified atom stereocenters. The molecule has 3 aromatic rings. The van der Waals surface area contributed by atoms with Crippen LogP contribution < -0.4 is 20.9 Å². The quantitative estimate of drug-likeness (QED) is 0.429. The number of aryl methyl sites for hydroxylation is 1. The number of hydrogen-bond donors (Lipinski definition) is 2. The zero-order valence-corrected chi connectivity index (χ0v) is 21.9. The predicted octanol–water partition coefficient (Wildman–Crippen LogP) is 3.50. The molecule has 0 bridgehead atoms. The average Bonchev–Trinajstić information content (AvgIpc) is 3.32. The second-order valence-corrected chi connectivity index (χ2v) is 9.39. The fourth-order valence-corrected chi connectivity index (χ4v) is 5.07. The summed E-state index contributed by atoms with van der Waals surface area (Å²) in [7, 11) is 3.24. The Morgan fingerprint density at radius 3 is 2.78 bits per heavy atom. The number of aromatic nitrogens is 3. The fourth-order valence-electron chi connectivity index (χ4n) is 4.45. The van der Waals surface area contributed by atoms with E-state index in [1.807, 2.05) is 6.92 Å². The van der Waals surface area contributed by atoms with E-state index in [4.69, 9.17) is 27.9 Å². The van der Waals surface area contributed by atoms with Crippen LogP contribution in [0.4, 0.5) is 5.95 Å². The Hall–Kier alpha value is -3.14. The van der Waals surface area contributed by atoms with E-state index in [0.717, 1.165) is 18.5 Å². The van der Waals surface area contributed by atoms with Gasteiger partial charge in [-0.15, -0.1) is 0 Å². The maximum atomic E-state index is 13.9.